The van der Waals surface area contributed by atoms with Gasteiger partial charge in [0.1, 0.15) is 5.56 Å². The molecule has 23 heavy (non-hydrogen) atoms. The van der Waals surface area contributed by atoms with Crippen LogP contribution in [-0.2, 0) is 13.6 Å². The molecule has 6 nitrogen and oxygen atoms in total. The van der Waals surface area contributed by atoms with E-state index in [0.29, 0.717) is 16.9 Å². The van der Waals surface area contributed by atoms with Crippen LogP contribution in [0.5, 0.6) is 5.88 Å². The van der Waals surface area contributed by atoms with Crippen molar-refractivity contribution in [3.8, 4) is 5.88 Å². The van der Waals surface area contributed by atoms with Gasteiger partial charge in [-0.1, -0.05) is 29.5 Å². The Hall–Kier alpha value is -2.67. The van der Waals surface area contributed by atoms with Gasteiger partial charge in [-0.15, -0.1) is 11.7 Å². The summed E-state index contributed by atoms with van der Waals surface area (Å²) in [6, 6.07) is 7.94. The molecular formula is C16H16N4O2S. The van der Waals surface area contributed by atoms with Crippen molar-refractivity contribution in [1.29, 1.82) is 0 Å². The van der Waals surface area contributed by atoms with Gasteiger partial charge in [-0.05, 0) is 12.1 Å². The van der Waals surface area contributed by atoms with Crippen molar-refractivity contribution >= 4 is 27.5 Å². The number of ether oxygens (including phenoxy) is 1. The summed E-state index contributed by atoms with van der Waals surface area (Å²) in [6.07, 6.45) is 3.39. The van der Waals surface area contributed by atoms with Crippen LogP contribution in [0.3, 0.4) is 0 Å². The number of para-hydroxylation sites is 1. The van der Waals surface area contributed by atoms with Gasteiger partial charge >= 0.3 is 0 Å². The summed E-state index contributed by atoms with van der Waals surface area (Å²) < 4.78 is 9.70. The monoisotopic (exact) mass is 328 g/mol. The molecule has 0 aliphatic carbocycles. The van der Waals surface area contributed by atoms with E-state index in [-0.39, 0.29) is 11.8 Å². The zero-order chi connectivity index (χ0) is 16.4. The van der Waals surface area contributed by atoms with E-state index in [4.69, 9.17) is 4.74 Å². The summed E-state index contributed by atoms with van der Waals surface area (Å²) in [4.78, 5) is 17.4. The number of methoxy groups -OCH3 is 1. The second-order valence-corrected chi connectivity index (χ2v) is 5.90. The first-order chi connectivity index (χ1) is 11.1. The van der Waals surface area contributed by atoms with E-state index in [1.54, 1.807) is 19.3 Å². The fourth-order valence-electron chi connectivity index (χ4n) is 2.32. The van der Waals surface area contributed by atoms with Gasteiger partial charge in [0, 0.05) is 19.8 Å². The number of amides is 1. The van der Waals surface area contributed by atoms with E-state index in [0.717, 1.165) is 10.2 Å². The number of benzene rings is 1. The number of rotatable bonds is 4. The molecule has 0 spiro atoms. The average Bonchev–Trinajstić information content (AvgIpc) is 3.09. The molecule has 0 unspecified atom stereocenters. The average molecular weight is 328 g/mol. The quantitative estimate of drug-likeness (QED) is 0.691. The molecule has 3 aromatic rings. The Morgan fingerprint density at radius 2 is 2.26 bits per heavy atom. The zero-order valence-corrected chi connectivity index (χ0v) is 13.7. The number of carbonyl (C=O) groups excluding carboxylic acids is 1. The lowest BCUT2D eigenvalue weighted by molar-refractivity contribution is 0.0995. The lowest BCUT2D eigenvalue weighted by Crippen LogP contribution is -2.16. The number of thiazole rings is 1. The van der Waals surface area contributed by atoms with Crippen LogP contribution in [-0.4, -0.2) is 27.4 Å². The fraction of sp³-hybridized carbons (Fsp3) is 0.188. The fourth-order valence-corrected chi connectivity index (χ4v) is 3.36. The van der Waals surface area contributed by atoms with Crippen molar-refractivity contribution in [2.24, 2.45) is 12.0 Å². The molecule has 3 rings (SSSR count). The highest BCUT2D eigenvalue weighted by atomic mass is 32.1. The highest BCUT2D eigenvalue weighted by Gasteiger charge is 2.16. The van der Waals surface area contributed by atoms with Gasteiger partial charge in [-0.25, -0.2) is 0 Å². The molecule has 0 aliphatic rings. The van der Waals surface area contributed by atoms with Crippen molar-refractivity contribution in [1.82, 2.24) is 14.3 Å². The Kier molecular flexibility index (Phi) is 4.12. The van der Waals surface area contributed by atoms with E-state index in [9.17, 15) is 4.79 Å². The van der Waals surface area contributed by atoms with Gasteiger partial charge in [-0.2, -0.15) is 4.99 Å². The van der Waals surface area contributed by atoms with E-state index < -0.39 is 0 Å². The number of aryl methyl sites for hydroxylation is 1. The lowest BCUT2D eigenvalue weighted by atomic mass is 10.3. The summed E-state index contributed by atoms with van der Waals surface area (Å²) in [5.74, 6) is -0.100. The Morgan fingerprint density at radius 3 is 3.00 bits per heavy atom. The van der Waals surface area contributed by atoms with E-state index in [1.165, 1.54) is 23.1 Å². The molecule has 0 radical (unpaired) electrons. The number of hydrogen-bond donors (Lipinski definition) is 0. The van der Waals surface area contributed by atoms with Crippen molar-refractivity contribution in [2.75, 3.05) is 7.11 Å². The Balaban J connectivity index is 2.14. The third-order valence-electron chi connectivity index (χ3n) is 3.32. The molecule has 0 N–H and O–H groups in total. The smallest absolute Gasteiger partial charge is 0.286 e. The molecule has 2 heterocycles. The zero-order valence-electron chi connectivity index (χ0n) is 12.9. The molecule has 0 bridgehead atoms. The van der Waals surface area contributed by atoms with Crippen LogP contribution < -0.4 is 9.54 Å². The molecule has 0 atom stereocenters. The molecule has 1 aromatic carbocycles. The Morgan fingerprint density at radius 1 is 1.48 bits per heavy atom. The first-order valence-electron chi connectivity index (χ1n) is 7.00. The Bertz CT molecular complexity index is 949. The van der Waals surface area contributed by atoms with Gasteiger partial charge in [0.05, 0.1) is 17.3 Å². The number of carbonyl (C=O) groups is 1. The highest BCUT2D eigenvalue weighted by Crippen LogP contribution is 2.18. The summed E-state index contributed by atoms with van der Waals surface area (Å²) in [5.41, 5.74) is 1.37. The molecule has 1 amide bonds. The maximum atomic E-state index is 12.5. The van der Waals surface area contributed by atoms with E-state index in [2.05, 4.69) is 16.7 Å². The van der Waals surface area contributed by atoms with E-state index >= 15 is 0 Å². The number of aromatic nitrogens is 3. The summed E-state index contributed by atoms with van der Waals surface area (Å²) >= 11 is 1.47. The second kappa shape index (κ2) is 6.21. The minimum atomic E-state index is -0.376. The third kappa shape index (κ3) is 2.83. The molecule has 118 valence electrons. The number of nitrogens with zero attached hydrogens (tertiary/aromatic N) is 4. The van der Waals surface area contributed by atoms with Crippen molar-refractivity contribution < 1.29 is 9.53 Å². The van der Waals surface area contributed by atoms with Gasteiger partial charge in [0.2, 0.25) is 5.88 Å². The van der Waals surface area contributed by atoms with Gasteiger partial charge in [-0.3, -0.25) is 9.48 Å². The second-order valence-electron chi connectivity index (χ2n) is 4.89. The van der Waals surface area contributed by atoms with E-state index in [1.807, 2.05) is 28.8 Å². The molecule has 0 saturated heterocycles. The third-order valence-corrected chi connectivity index (χ3v) is 4.38. The van der Waals surface area contributed by atoms with Crippen LogP contribution >= 0.6 is 11.3 Å². The van der Waals surface area contributed by atoms with Gasteiger partial charge in [0.15, 0.2) is 4.80 Å². The van der Waals surface area contributed by atoms with Crippen LogP contribution in [0.25, 0.3) is 10.2 Å². The minimum Gasteiger partial charge on any atom is -0.479 e. The van der Waals surface area contributed by atoms with Crippen LogP contribution in [0.15, 0.2) is 48.1 Å². The summed E-state index contributed by atoms with van der Waals surface area (Å²) in [7, 11) is 3.22. The predicted octanol–water partition coefficient (Wildman–Crippen LogP) is 2.37. The lowest BCUT2D eigenvalue weighted by Gasteiger charge is -2.00. The molecule has 0 fully saturated rings. The molecule has 2 aromatic heterocycles. The molecule has 0 saturated carbocycles. The van der Waals surface area contributed by atoms with Crippen molar-refractivity contribution in [2.45, 2.75) is 6.54 Å². The maximum absolute atomic E-state index is 12.5. The molecule has 0 aliphatic heterocycles. The normalized spacial score (nSPS) is 11.8. The van der Waals surface area contributed by atoms with Crippen molar-refractivity contribution in [3.05, 3.63) is 53.5 Å². The topological polar surface area (TPSA) is 61.4 Å². The first-order valence-corrected chi connectivity index (χ1v) is 7.81. The summed E-state index contributed by atoms with van der Waals surface area (Å²) in [5, 5.41) is 4.09. The maximum Gasteiger partial charge on any atom is 0.286 e. The molecule has 7 heteroatoms. The van der Waals surface area contributed by atoms with Crippen LogP contribution in [0, 0.1) is 0 Å². The number of fused-ring (bicyclic) bond motifs is 1. The SMILES string of the molecule is C=CCn1c(=NC(=O)c2cn(C)nc2OC)sc2ccccc21. The largest absolute Gasteiger partial charge is 0.479 e. The van der Waals surface area contributed by atoms with Gasteiger partial charge in [0.25, 0.3) is 5.91 Å². The van der Waals surface area contributed by atoms with Crippen molar-refractivity contribution in [3.63, 3.8) is 0 Å². The van der Waals surface area contributed by atoms with Crippen LogP contribution in [0.2, 0.25) is 0 Å². The van der Waals surface area contributed by atoms with Crippen LogP contribution in [0.4, 0.5) is 0 Å². The number of hydrogen-bond acceptors (Lipinski definition) is 4. The highest BCUT2D eigenvalue weighted by molar-refractivity contribution is 7.16. The van der Waals surface area contributed by atoms with Gasteiger partial charge < -0.3 is 9.30 Å². The summed E-state index contributed by atoms with van der Waals surface area (Å²) in [6.45, 7) is 4.36. The standard InChI is InChI=1S/C16H16N4O2S/c1-4-9-20-12-7-5-6-8-13(12)23-16(20)17-14(21)11-10-19(2)18-15(11)22-3/h4-8,10H,1,9H2,2-3H3. The first kappa shape index (κ1) is 15.2. The molecular weight excluding hydrogens is 312 g/mol. The minimum absolute atomic E-state index is 0.276. The Labute approximate surface area is 137 Å². The van der Waals surface area contributed by atoms with Crippen LogP contribution in [0.1, 0.15) is 10.4 Å². The number of allylic oxidation sites excluding steroid dienone is 1. The predicted molar refractivity (Wildman–Crippen MR) is 89.7 cm³/mol.